The maximum atomic E-state index is 7.79. The predicted octanol–water partition coefficient (Wildman–Crippen LogP) is 3.23. The molecule has 78 valence electrons. The van der Waals surface area contributed by atoms with Gasteiger partial charge in [-0.3, -0.25) is 10.4 Å². The molecule has 1 N–H and O–H groups in total. The lowest BCUT2D eigenvalue weighted by Crippen LogP contribution is -2.14. The fraction of sp³-hybridized carbons (Fsp3) is 0.667. The van der Waals surface area contributed by atoms with Crippen LogP contribution in [0.1, 0.15) is 40.0 Å². The molecular formula is C12H20N2. The van der Waals surface area contributed by atoms with Gasteiger partial charge in [0.2, 0.25) is 0 Å². The quantitative estimate of drug-likeness (QED) is 0.712. The molecule has 0 saturated carbocycles. The topological polar surface area (TPSA) is 36.2 Å². The lowest BCUT2D eigenvalue weighted by atomic mass is 9.89. The molecule has 2 heteroatoms. The van der Waals surface area contributed by atoms with Gasteiger partial charge in [-0.2, -0.15) is 0 Å². The van der Waals surface area contributed by atoms with Gasteiger partial charge in [-0.1, -0.05) is 25.8 Å². The Morgan fingerprint density at radius 2 is 2.36 bits per heavy atom. The second-order valence-electron chi connectivity index (χ2n) is 4.05. The molecule has 0 saturated heterocycles. The van der Waals surface area contributed by atoms with Gasteiger partial charge >= 0.3 is 0 Å². The van der Waals surface area contributed by atoms with Crippen molar-refractivity contribution >= 4 is 11.9 Å². The molecule has 0 fully saturated rings. The van der Waals surface area contributed by atoms with Crippen molar-refractivity contribution in [3.63, 3.8) is 0 Å². The van der Waals surface area contributed by atoms with Crippen molar-refractivity contribution in [3.05, 3.63) is 11.1 Å². The lowest BCUT2D eigenvalue weighted by Gasteiger charge is -2.18. The summed E-state index contributed by atoms with van der Waals surface area (Å²) in [6.45, 7) is 7.49. The van der Waals surface area contributed by atoms with Crippen LogP contribution in [0.2, 0.25) is 0 Å². The fourth-order valence-corrected chi connectivity index (χ4v) is 1.90. The minimum Gasteiger partial charge on any atom is -0.299 e. The molecule has 2 nitrogen and oxygen atoms in total. The Bertz CT molecular complexity index is 274. The van der Waals surface area contributed by atoms with E-state index in [1.54, 1.807) is 6.21 Å². The molecular weight excluding hydrogens is 172 g/mol. The average molecular weight is 192 g/mol. The van der Waals surface area contributed by atoms with E-state index in [0.717, 1.165) is 13.0 Å². The number of nitrogens with one attached hydrogen (secondary N) is 1. The average Bonchev–Trinajstić information content (AvgIpc) is 2.18. The summed E-state index contributed by atoms with van der Waals surface area (Å²) in [5, 5.41) is 7.79. The highest BCUT2D eigenvalue weighted by Crippen LogP contribution is 2.23. The normalized spacial score (nSPS) is 22.4. The van der Waals surface area contributed by atoms with Crippen molar-refractivity contribution in [2.45, 2.75) is 40.0 Å². The number of hydrogen-bond donors (Lipinski definition) is 1. The molecule has 0 aromatic carbocycles. The maximum Gasteiger partial charge on any atom is 0.0750 e. The van der Waals surface area contributed by atoms with E-state index in [0.29, 0.717) is 11.6 Å². The zero-order valence-electron chi connectivity index (χ0n) is 9.43. The van der Waals surface area contributed by atoms with Gasteiger partial charge in [-0.15, -0.1) is 0 Å². The third kappa shape index (κ3) is 2.53. The first-order valence-corrected chi connectivity index (χ1v) is 5.45. The van der Waals surface area contributed by atoms with E-state index in [1.165, 1.54) is 24.0 Å². The Morgan fingerprint density at radius 1 is 1.64 bits per heavy atom. The molecule has 0 amide bonds. The number of aliphatic imine (C=N–C) groups is 1. The summed E-state index contributed by atoms with van der Waals surface area (Å²) in [5.74, 6) is 0.613. The Balaban J connectivity index is 2.81. The van der Waals surface area contributed by atoms with Gasteiger partial charge in [0, 0.05) is 12.8 Å². The first kappa shape index (κ1) is 11.2. The monoisotopic (exact) mass is 192 g/mol. The van der Waals surface area contributed by atoms with Crippen LogP contribution in [0.15, 0.2) is 16.1 Å². The van der Waals surface area contributed by atoms with E-state index >= 15 is 0 Å². The van der Waals surface area contributed by atoms with Crippen LogP contribution in [-0.2, 0) is 0 Å². The highest BCUT2D eigenvalue weighted by molar-refractivity contribution is 6.37. The van der Waals surface area contributed by atoms with Gasteiger partial charge < -0.3 is 0 Å². The van der Waals surface area contributed by atoms with Gasteiger partial charge in [0.1, 0.15) is 0 Å². The van der Waals surface area contributed by atoms with Gasteiger partial charge in [0.15, 0.2) is 0 Å². The summed E-state index contributed by atoms with van der Waals surface area (Å²) in [6, 6.07) is 0. The Morgan fingerprint density at radius 3 is 2.93 bits per heavy atom. The Labute approximate surface area is 86.6 Å². The van der Waals surface area contributed by atoms with Gasteiger partial charge in [0.25, 0.3) is 0 Å². The summed E-state index contributed by atoms with van der Waals surface area (Å²) in [6.07, 6.45) is 5.09. The molecule has 0 aromatic rings. The smallest absolute Gasteiger partial charge is 0.0750 e. The largest absolute Gasteiger partial charge is 0.299 e. The van der Waals surface area contributed by atoms with Crippen LogP contribution in [-0.4, -0.2) is 18.5 Å². The second kappa shape index (κ2) is 5.08. The molecule has 14 heavy (non-hydrogen) atoms. The zero-order valence-corrected chi connectivity index (χ0v) is 9.43. The van der Waals surface area contributed by atoms with Crippen molar-refractivity contribution in [3.8, 4) is 0 Å². The van der Waals surface area contributed by atoms with Crippen LogP contribution in [0, 0.1) is 11.3 Å². The molecule has 1 unspecified atom stereocenters. The minimum absolute atomic E-state index is 0.613. The van der Waals surface area contributed by atoms with Gasteiger partial charge in [-0.25, -0.2) is 0 Å². The van der Waals surface area contributed by atoms with Crippen molar-refractivity contribution < 1.29 is 0 Å². The summed E-state index contributed by atoms with van der Waals surface area (Å²) in [4.78, 5) is 4.11. The first-order chi connectivity index (χ1) is 6.66. The third-order valence-corrected chi connectivity index (χ3v) is 2.97. The lowest BCUT2D eigenvalue weighted by molar-refractivity contribution is 0.596. The molecule has 1 rings (SSSR count). The number of hydrogen-bond acceptors (Lipinski definition) is 2. The number of rotatable bonds is 3. The molecule has 0 spiro atoms. The molecule has 0 bridgehead atoms. The predicted molar refractivity (Wildman–Crippen MR) is 62.5 cm³/mol. The molecule has 0 aliphatic carbocycles. The molecule has 1 aliphatic heterocycles. The molecule has 1 atom stereocenters. The number of allylic oxidation sites excluding steroid dienone is 1. The Kier molecular flexibility index (Phi) is 4.05. The minimum atomic E-state index is 0.613. The van der Waals surface area contributed by atoms with E-state index in [4.69, 9.17) is 5.41 Å². The highest BCUT2D eigenvalue weighted by Gasteiger charge is 2.14. The standard InChI is InChI=1S/C12H20N2/c1-4-5-9(2)10(3)11-6-7-14-8-12(11)13/h8-9,13H,4-7H2,1-3H3. The van der Waals surface area contributed by atoms with E-state index in [2.05, 4.69) is 25.8 Å². The first-order valence-electron chi connectivity index (χ1n) is 5.45. The third-order valence-electron chi connectivity index (χ3n) is 2.97. The zero-order chi connectivity index (χ0) is 10.6. The molecule has 0 radical (unpaired) electrons. The van der Waals surface area contributed by atoms with E-state index < -0.39 is 0 Å². The van der Waals surface area contributed by atoms with Crippen molar-refractivity contribution in [1.29, 1.82) is 5.41 Å². The van der Waals surface area contributed by atoms with E-state index in [9.17, 15) is 0 Å². The van der Waals surface area contributed by atoms with Crippen molar-refractivity contribution in [2.24, 2.45) is 10.9 Å². The summed E-state index contributed by atoms with van der Waals surface area (Å²) < 4.78 is 0. The molecule has 1 aliphatic rings. The molecule has 0 aromatic heterocycles. The van der Waals surface area contributed by atoms with Crippen LogP contribution < -0.4 is 0 Å². The fourth-order valence-electron chi connectivity index (χ4n) is 1.90. The van der Waals surface area contributed by atoms with Crippen LogP contribution in [0.4, 0.5) is 0 Å². The second-order valence-corrected chi connectivity index (χ2v) is 4.05. The number of nitrogens with zero attached hydrogens (tertiary/aromatic N) is 1. The summed E-state index contributed by atoms with van der Waals surface area (Å²) in [7, 11) is 0. The van der Waals surface area contributed by atoms with Crippen LogP contribution in [0.3, 0.4) is 0 Å². The highest BCUT2D eigenvalue weighted by atomic mass is 14.7. The van der Waals surface area contributed by atoms with Crippen molar-refractivity contribution in [2.75, 3.05) is 6.54 Å². The van der Waals surface area contributed by atoms with Crippen LogP contribution in [0.25, 0.3) is 0 Å². The van der Waals surface area contributed by atoms with Crippen LogP contribution >= 0.6 is 0 Å². The summed E-state index contributed by atoms with van der Waals surface area (Å²) >= 11 is 0. The van der Waals surface area contributed by atoms with Gasteiger partial charge in [-0.05, 0) is 31.3 Å². The Hall–Kier alpha value is -0.920. The molecule has 1 heterocycles. The van der Waals surface area contributed by atoms with E-state index in [-0.39, 0.29) is 0 Å². The summed E-state index contributed by atoms with van der Waals surface area (Å²) in [5.41, 5.74) is 3.24. The van der Waals surface area contributed by atoms with Crippen LogP contribution in [0.5, 0.6) is 0 Å². The van der Waals surface area contributed by atoms with Crippen molar-refractivity contribution in [1.82, 2.24) is 0 Å². The van der Waals surface area contributed by atoms with E-state index in [1.807, 2.05) is 0 Å². The maximum absolute atomic E-state index is 7.79. The SMILES string of the molecule is CCCC(C)C(C)=C1CCN=CC1=N. The van der Waals surface area contributed by atoms with Gasteiger partial charge in [0.05, 0.1) is 5.71 Å².